The lowest BCUT2D eigenvalue weighted by atomic mass is 9.97. The Hall–Kier alpha value is -1.27. The third kappa shape index (κ3) is 1.91. The van der Waals surface area contributed by atoms with Gasteiger partial charge in [-0.25, -0.2) is 0 Å². The minimum Gasteiger partial charge on any atom is -0.0840 e. The fraction of sp³-hybridized carbons (Fsp3) is 0.143. The van der Waals surface area contributed by atoms with Crippen molar-refractivity contribution in [1.82, 2.24) is 0 Å². The number of aryl methyl sites for hydroxylation is 1. The van der Waals surface area contributed by atoms with Crippen molar-refractivity contribution in [2.24, 2.45) is 0 Å². The van der Waals surface area contributed by atoms with E-state index in [1.807, 2.05) is 12.1 Å². The fourth-order valence-electron chi connectivity index (χ4n) is 1.77. The van der Waals surface area contributed by atoms with E-state index in [9.17, 15) is 0 Å². The molecule has 0 radical (unpaired) electrons. The van der Waals surface area contributed by atoms with E-state index in [1.165, 1.54) is 16.7 Å². The summed E-state index contributed by atoms with van der Waals surface area (Å²) in [7, 11) is 0. The van der Waals surface area contributed by atoms with E-state index in [-0.39, 0.29) is 0 Å². The minimum atomic E-state index is 0.829. The maximum absolute atomic E-state index is 6.12. The van der Waals surface area contributed by atoms with E-state index < -0.39 is 0 Å². The molecule has 0 aliphatic heterocycles. The molecule has 2 rings (SSSR count). The second kappa shape index (κ2) is 4.08. The highest BCUT2D eigenvalue weighted by Gasteiger charge is 2.05. The van der Waals surface area contributed by atoms with Crippen molar-refractivity contribution in [2.45, 2.75) is 13.8 Å². The first-order valence-corrected chi connectivity index (χ1v) is 5.39. The molecular weight excluding hydrogens is 204 g/mol. The van der Waals surface area contributed by atoms with Gasteiger partial charge in [0.25, 0.3) is 0 Å². The molecule has 0 fully saturated rings. The average molecular weight is 217 g/mol. The van der Waals surface area contributed by atoms with Crippen LogP contribution >= 0.6 is 11.6 Å². The van der Waals surface area contributed by atoms with Gasteiger partial charge in [0.1, 0.15) is 0 Å². The van der Waals surface area contributed by atoms with Gasteiger partial charge in [-0.3, -0.25) is 0 Å². The molecular formula is C14H13Cl. The lowest BCUT2D eigenvalue weighted by Gasteiger charge is -2.10. The molecule has 0 N–H and O–H groups in total. The summed E-state index contributed by atoms with van der Waals surface area (Å²) >= 11 is 6.12. The van der Waals surface area contributed by atoms with Crippen LogP contribution in [0.1, 0.15) is 11.1 Å². The van der Waals surface area contributed by atoms with Crippen LogP contribution in [0.4, 0.5) is 0 Å². The Morgan fingerprint density at radius 2 is 1.47 bits per heavy atom. The van der Waals surface area contributed by atoms with Gasteiger partial charge in [0.2, 0.25) is 0 Å². The monoisotopic (exact) mass is 216 g/mol. The molecule has 15 heavy (non-hydrogen) atoms. The van der Waals surface area contributed by atoms with Gasteiger partial charge in [0.05, 0.1) is 0 Å². The van der Waals surface area contributed by atoms with Crippen LogP contribution in [0.15, 0.2) is 42.5 Å². The van der Waals surface area contributed by atoms with Crippen LogP contribution < -0.4 is 0 Å². The molecule has 2 aromatic rings. The van der Waals surface area contributed by atoms with Crippen molar-refractivity contribution in [3.8, 4) is 11.1 Å². The fourth-order valence-corrected chi connectivity index (χ4v) is 1.95. The zero-order valence-corrected chi connectivity index (χ0v) is 9.68. The predicted octanol–water partition coefficient (Wildman–Crippen LogP) is 4.62. The van der Waals surface area contributed by atoms with Crippen LogP contribution in [0.3, 0.4) is 0 Å². The first kappa shape index (κ1) is 10.3. The molecule has 0 spiro atoms. The zero-order valence-electron chi connectivity index (χ0n) is 8.92. The Kier molecular flexibility index (Phi) is 2.79. The molecule has 0 aliphatic rings. The number of benzene rings is 2. The Morgan fingerprint density at radius 1 is 0.800 bits per heavy atom. The largest absolute Gasteiger partial charge is 0.0840 e. The average Bonchev–Trinajstić information content (AvgIpc) is 2.23. The maximum atomic E-state index is 6.12. The quantitative estimate of drug-likeness (QED) is 0.652. The first-order valence-electron chi connectivity index (χ1n) is 5.01. The molecule has 0 nitrogen and oxygen atoms in total. The normalized spacial score (nSPS) is 10.3. The highest BCUT2D eigenvalue weighted by atomic mass is 35.5. The number of hydrogen-bond acceptors (Lipinski definition) is 0. The van der Waals surface area contributed by atoms with Crippen molar-refractivity contribution >= 4 is 11.6 Å². The van der Waals surface area contributed by atoms with Crippen LogP contribution in [0, 0.1) is 13.8 Å². The third-order valence-corrected chi connectivity index (χ3v) is 3.11. The van der Waals surface area contributed by atoms with Crippen LogP contribution in [0.5, 0.6) is 0 Å². The predicted molar refractivity (Wildman–Crippen MR) is 66.4 cm³/mol. The molecule has 0 atom stereocenters. The highest BCUT2D eigenvalue weighted by Crippen LogP contribution is 2.30. The molecule has 0 aromatic heterocycles. The maximum Gasteiger partial charge on any atom is 0.0441 e. The minimum absolute atomic E-state index is 0.829. The Labute approximate surface area is 95.5 Å². The van der Waals surface area contributed by atoms with Gasteiger partial charge in [-0.1, -0.05) is 48.0 Å². The molecule has 0 unspecified atom stereocenters. The summed E-state index contributed by atoms with van der Waals surface area (Å²) in [6, 6.07) is 14.4. The SMILES string of the molecule is Cc1ccccc1-c1cccc(Cl)c1C. The van der Waals surface area contributed by atoms with Gasteiger partial charge in [-0.2, -0.15) is 0 Å². The molecule has 0 saturated carbocycles. The summed E-state index contributed by atoms with van der Waals surface area (Å²) in [4.78, 5) is 0. The van der Waals surface area contributed by atoms with Crippen molar-refractivity contribution in [3.05, 3.63) is 58.6 Å². The van der Waals surface area contributed by atoms with Gasteiger partial charge in [0, 0.05) is 5.02 Å². The van der Waals surface area contributed by atoms with Gasteiger partial charge >= 0.3 is 0 Å². The Bertz CT molecular complexity index is 486. The van der Waals surface area contributed by atoms with E-state index in [0.29, 0.717) is 0 Å². The van der Waals surface area contributed by atoms with E-state index in [1.54, 1.807) is 0 Å². The van der Waals surface area contributed by atoms with Crippen molar-refractivity contribution in [2.75, 3.05) is 0 Å². The van der Waals surface area contributed by atoms with E-state index >= 15 is 0 Å². The zero-order chi connectivity index (χ0) is 10.8. The molecule has 1 heteroatoms. The first-order chi connectivity index (χ1) is 7.20. The van der Waals surface area contributed by atoms with E-state index in [2.05, 4.69) is 44.2 Å². The molecule has 0 amide bonds. The Morgan fingerprint density at radius 3 is 2.20 bits per heavy atom. The standard InChI is InChI=1S/C14H13Cl/c1-10-6-3-4-7-12(10)13-8-5-9-14(15)11(13)2/h3-9H,1-2H3. The second-order valence-corrected chi connectivity index (χ2v) is 4.13. The van der Waals surface area contributed by atoms with Crippen LogP contribution in [-0.2, 0) is 0 Å². The van der Waals surface area contributed by atoms with E-state index in [0.717, 1.165) is 10.6 Å². The summed E-state index contributed by atoms with van der Waals surface area (Å²) in [5.41, 5.74) is 4.91. The van der Waals surface area contributed by atoms with Gasteiger partial charge in [0.15, 0.2) is 0 Å². The van der Waals surface area contributed by atoms with Crippen LogP contribution in [-0.4, -0.2) is 0 Å². The summed E-state index contributed by atoms with van der Waals surface area (Å²) in [5.74, 6) is 0. The molecule has 2 aromatic carbocycles. The number of halogens is 1. The van der Waals surface area contributed by atoms with Crippen LogP contribution in [0.25, 0.3) is 11.1 Å². The van der Waals surface area contributed by atoms with Crippen molar-refractivity contribution in [1.29, 1.82) is 0 Å². The lowest BCUT2D eigenvalue weighted by Crippen LogP contribution is -1.86. The van der Waals surface area contributed by atoms with Crippen molar-refractivity contribution < 1.29 is 0 Å². The van der Waals surface area contributed by atoms with Crippen molar-refractivity contribution in [3.63, 3.8) is 0 Å². The van der Waals surface area contributed by atoms with Gasteiger partial charge in [-0.05, 0) is 42.2 Å². The smallest absolute Gasteiger partial charge is 0.0441 e. The Balaban J connectivity index is 2.65. The molecule has 76 valence electrons. The third-order valence-electron chi connectivity index (χ3n) is 2.70. The summed E-state index contributed by atoms with van der Waals surface area (Å²) in [6.45, 7) is 4.18. The number of hydrogen-bond donors (Lipinski definition) is 0. The molecule has 0 heterocycles. The van der Waals surface area contributed by atoms with E-state index in [4.69, 9.17) is 11.6 Å². The van der Waals surface area contributed by atoms with Crippen LogP contribution in [0.2, 0.25) is 5.02 Å². The van der Waals surface area contributed by atoms with Gasteiger partial charge < -0.3 is 0 Å². The molecule has 0 aliphatic carbocycles. The number of rotatable bonds is 1. The molecule has 0 saturated heterocycles. The van der Waals surface area contributed by atoms with Gasteiger partial charge in [-0.15, -0.1) is 0 Å². The summed E-state index contributed by atoms with van der Waals surface area (Å²) in [5, 5.41) is 0.829. The summed E-state index contributed by atoms with van der Waals surface area (Å²) < 4.78 is 0. The molecule has 0 bridgehead atoms. The highest BCUT2D eigenvalue weighted by molar-refractivity contribution is 6.31. The topological polar surface area (TPSA) is 0 Å². The second-order valence-electron chi connectivity index (χ2n) is 3.73. The summed E-state index contributed by atoms with van der Waals surface area (Å²) in [6.07, 6.45) is 0. The lowest BCUT2D eigenvalue weighted by molar-refractivity contribution is 1.41.